The number of allylic oxidation sites excluding steroid dienone is 4. The summed E-state index contributed by atoms with van der Waals surface area (Å²) in [5, 5.41) is 2.79. The van der Waals surface area contributed by atoms with Gasteiger partial charge in [-0.15, -0.1) is 9.24 Å². The molecule has 0 fully saturated rings. The van der Waals surface area contributed by atoms with Crippen molar-refractivity contribution in [1.82, 2.24) is 4.98 Å². The van der Waals surface area contributed by atoms with Crippen molar-refractivity contribution in [2.24, 2.45) is 0 Å². The first kappa shape index (κ1) is 18.9. The van der Waals surface area contributed by atoms with E-state index in [1.54, 1.807) is 6.07 Å². The lowest BCUT2D eigenvalue weighted by Gasteiger charge is -2.04. The van der Waals surface area contributed by atoms with Crippen molar-refractivity contribution in [3.8, 4) is 0 Å². The summed E-state index contributed by atoms with van der Waals surface area (Å²) in [6.45, 7) is 4.19. The number of hydrogen-bond acceptors (Lipinski definition) is 0. The number of benzene rings is 2. The quantitative estimate of drug-likeness (QED) is 0.401. The minimum Gasteiger partial charge on any atom is -0.361 e. The van der Waals surface area contributed by atoms with Crippen LogP contribution in [0.1, 0.15) is 25.0 Å². The molecule has 3 aromatic rings. The van der Waals surface area contributed by atoms with Crippen LogP contribution in [0.15, 0.2) is 65.9 Å². The van der Waals surface area contributed by atoms with Gasteiger partial charge in [0.1, 0.15) is 5.82 Å². The van der Waals surface area contributed by atoms with E-state index in [-0.39, 0.29) is 5.82 Å². The molecule has 0 bridgehead atoms. The fourth-order valence-corrected chi connectivity index (χ4v) is 3.64. The predicted molar refractivity (Wildman–Crippen MR) is 114 cm³/mol. The summed E-state index contributed by atoms with van der Waals surface area (Å²) in [5.74, 6) is -0.190. The molecule has 0 amide bonds. The average molecular weight is 386 g/mol. The second kappa shape index (κ2) is 8.20. The molecule has 2 aromatic carbocycles. The van der Waals surface area contributed by atoms with Gasteiger partial charge in [0.15, 0.2) is 0 Å². The van der Waals surface area contributed by atoms with Gasteiger partial charge in [-0.05, 0) is 73.5 Å². The Morgan fingerprint density at radius 1 is 1.08 bits per heavy atom. The Balaban J connectivity index is 1.72. The number of halogens is 2. The van der Waals surface area contributed by atoms with Crippen LogP contribution in [0.25, 0.3) is 10.9 Å². The fraction of sp³-hybridized carbons (Fsp3) is 0.182. The molecule has 4 heteroatoms. The van der Waals surface area contributed by atoms with Crippen molar-refractivity contribution in [1.29, 1.82) is 0 Å². The van der Waals surface area contributed by atoms with Gasteiger partial charge in [-0.25, -0.2) is 4.39 Å². The van der Waals surface area contributed by atoms with Crippen LogP contribution >= 0.6 is 20.8 Å². The molecule has 134 valence electrons. The largest absolute Gasteiger partial charge is 0.361 e. The van der Waals surface area contributed by atoms with Crippen molar-refractivity contribution in [3.05, 3.63) is 87.9 Å². The van der Waals surface area contributed by atoms with Gasteiger partial charge in [0.25, 0.3) is 0 Å². The lowest BCUT2D eigenvalue weighted by molar-refractivity contribution is 0.627. The molecule has 0 spiro atoms. The van der Waals surface area contributed by atoms with Gasteiger partial charge < -0.3 is 4.98 Å². The van der Waals surface area contributed by atoms with Crippen molar-refractivity contribution in [3.63, 3.8) is 0 Å². The lowest BCUT2D eigenvalue weighted by atomic mass is 10.0. The van der Waals surface area contributed by atoms with E-state index in [0.29, 0.717) is 0 Å². The van der Waals surface area contributed by atoms with Gasteiger partial charge in [0, 0.05) is 22.1 Å². The number of fused-ring (bicyclic) bond motifs is 1. The summed E-state index contributed by atoms with van der Waals surface area (Å²) in [5.41, 5.74) is 5.78. The highest BCUT2D eigenvalue weighted by Crippen LogP contribution is 2.24. The number of nitrogens with one attached hydrogen (secondary N) is 1. The maximum absolute atomic E-state index is 13.5. The Morgan fingerprint density at radius 3 is 2.54 bits per heavy atom. The Bertz CT molecular complexity index is 980. The van der Waals surface area contributed by atoms with Crippen LogP contribution in [0.3, 0.4) is 0 Å². The highest BCUT2D eigenvalue weighted by atomic mass is 35.5. The first-order chi connectivity index (χ1) is 12.4. The molecule has 3 rings (SSSR count). The predicted octanol–water partition coefficient (Wildman–Crippen LogP) is 6.14. The van der Waals surface area contributed by atoms with E-state index in [1.165, 1.54) is 28.2 Å². The molecule has 1 N–H and O–H groups in total. The highest BCUT2D eigenvalue weighted by Gasteiger charge is 2.05. The second-order valence-corrected chi connectivity index (χ2v) is 7.88. The molecule has 1 atom stereocenters. The average Bonchev–Trinajstić information content (AvgIpc) is 2.94. The Kier molecular flexibility index (Phi) is 5.96. The van der Waals surface area contributed by atoms with E-state index in [0.717, 1.165) is 34.2 Å². The van der Waals surface area contributed by atoms with E-state index >= 15 is 0 Å². The summed E-state index contributed by atoms with van der Waals surface area (Å²) in [7, 11) is 2.55. The van der Waals surface area contributed by atoms with E-state index in [1.807, 2.05) is 30.5 Å². The molecular formula is C22H22ClFNP. The molecular weight excluding hydrogens is 364 g/mol. The maximum atomic E-state index is 13.5. The zero-order valence-corrected chi connectivity index (χ0v) is 16.9. The molecule has 1 aromatic heterocycles. The smallest absolute Gasteiger partial charge is 0.124 e. The number of aromatic nitrogens is 1. The maximum Gasteiger partial charge on any atom is 0.124 e. The first-order valence-corrected chi connectivity index (χ1v) is 9.49. The highest BCUT2D eigenvalue weighted by molar-refractivity contribution is 7.27. The van der Waals surface area contributed by atoms with Gasteiger partial charge in [0.2, 0.25) is 0 Å². The minimum absolute atomic E-state index is 0.190. The van der Waals surface area contributed by atoms with Crippen LogP contribution in [0.5, 0.6) is 0 Å². The third-order valence-electron chi connectivity index (χ3n) is 4.31. The summed E-state index contributed by atoms with van der Waals surface area (Å²) in [6.07, 6.45) is 7.90. The Morgan fingerprint density at radius 2 is 1.81 bits per heavy atom. The lowest BCUT2D eigenvalue weighted by Crippen LogP contribution is -1.97. The van der Waals surface area contributed by atoms with E-state index in [2.05, 4.69) is 40.2 Å². The van der Waals surface area contributed by atoms with Crippen molar-refractivity contribution < 1.29 is 4.39 Å². The summed E-state index contributed by atoms with van der Waals surface area (Å²) in [4.78, 5) is 3.29. The summed E-state index contributed by atoms with van der Waals surface area (Å²) in [6, 6.07) is 11.0. The van der Waals surface area contributed by atoms with Crippen LogP contribution in [-0.2, 0) is 12.8 Å². The molecule has 0 aliphatic carbocycles. The third-order valence-corrected chi connectivity index (χ3v) is 4.88. The topological polar surface area (TPSA) is 15.8 Å². The molecule has 1 nitrogen and oxygen atoms in total. The Hall–Kier alpha value is -1.89. The van der Waals surface area contributed by atoms with Gasteiger partial charge >= 0.3 is 0 Å². The van der Waals surface area contributed by atoms with Gasteiger partial charge in [-0.1, -0.05) is 41.0 Å². The standard InChI is InChI=1S/C22H22ClFNP/c1-14(7-16-9-19(24)12-20(26)10-16)3-4-15(2)8-17-13-25-22-6-5-18(23)11-21(17)22/h3-6,9-13,25H,7-8,26H2,1-2H3/b14-3+,15-4+. The molecule has 1 unspecified atom stereocenters. The van der Waals surface area contributed by atoms with Crippen LogP contribution in [-0.4, -0.2) is 4.98 Å². The van der Waals surface area contributed by atoms with Gasteiger partial charge in [0.05, 0.1) is 0 Å². The van der Waals surface area contributed by atoms with Crippen molar-refractivity contribution in [2.75, 3.05) is 0 Å². The second-order valence-electron chi connectivity index (χ2n) is 6.78. The normalized spacial score (nSPS) is 12.8. The van der Waals surface area contributed by atoms with Crippen LogP contribution in [0.4, 0.5) is 4.39 Å². The molecule has 0 radical (unpaired) electrons. The first-order valence-electron chi connectivity index (χ1n) is 8.54. The molecule has 1 heterocycles. The van der Waals surface area contributed by atoms with Crippen molar-refractivity contribution >= 4 is 37.0 Å². The van der Waals surface area contributed by atoms with E-state index < -0.39 is 0 Å². The molecule has 26 heavy (non-hydrogen) atoms. The van der Waals surface area contributed by atoms with Crippen LogP contribution in [0, 0.1) is 5.82 Å². The minimum atomic E-state index is -0.190. The summed E-state index contributed by atoms with van der Waals surface area (Å²) >= 11 is 6.12. The molecule has 0 aliphatic rings. The molecule has 0 saturated heterocycles. The zero-order chi connectivity index (χ0) is 18.7. The van der Waals surface area contributed by atoms with Gasteiger partial charge in [-0.2, -0.15) is 0 Å². The Labute approximate surface area is 161 Å². The fourth-order valence-electron chi connectivity index (χ4n) is 3.10. The number of hydrogen-bond donors (Lipinski definition) is 1. The van der Waals surface area contributed by atoms with Crippen LogP contribution in [0.2, 0.25) is 5.02 Å². The number of H-pyrrole nitrogens is 1. The van der Waals surface area contributed by atoms with E-state index in [4.69, 9.17) is 11.6 Å². The molecule has 0 saturated carbocycles. The monoisotopic (exact) mass is 385 g/mol. The van der Waals surface area contributed by atoms with Crippen LogP contribution < -0.4 is 5.30 Å². The van der Waals surface area contributed by atoms with Gasteiger partial charge in [-0.3, -0.25) is 0 Å². The van der Waals surface area contributed by atoms with Crippen molar-refractivity contribution in [2.45, 2.75) is 26.7 Å². The third kappa shape index (κ3) is 4.84. The number of rotatable bonds is 5. The zero-order valence-electron chi connectivity index (χ0n) is 14.9. The molecule has 0 aliphatic heterocycles. The van der Waals surface area contributed by atoms with E-state index in [9.17, 15) is 4.39 Å². The number of aromatic amines is 1. The SMILES string of the molecule is C/C(=C\C=C(/C)Cc1c[nH]c2ccc(Cl)cc12)Cc1cc(F)cc(P)c1. The summed E-state index contributed by atoms with van der Waals surface area (Å²) < 4.78 is 13.5.